The molecule has 1 aromatic carbocycles. The van der Waals surface area contributed by atoms with Gasteiger partial charge in [-0.1, -0.05) is 11.6 Å². The molecular weight excluding hydrogens is 457 g/mol. The van der Waals surface area contributed by atoms with Crippen LogP contribution in [0, 0.1) is 5.92 Å². The number of benzene rings is 1. The number of carbonyl (C=O) groups excluding carboxylic acids is 1. The van der Waals surface area contributed by atoms with Crippen LogP contribution in [0.25, 0.3) is 0 Å². The highest BCUT2D eigenvalue weighted by atomic mass is 35.5. The van der Waals surface area contributed by atoms with E-state index in [1.54, 1.807) is 0 Å². The summed E-state index contributed by atoms with van der Waals surface area (Å²) >= 11 is 5.98. The highest BCUT2D eigenvalue weighted by Crippen LogP contribution is 2.39. The van der Waals surface area contributed by atoms with Crippen molar-refractivity contribution in [2.24, 2.45) is 5.92 Å². The van der Waals surface area contributed by atoms with E-state index in [9.17, 15) is 35.2 Å². The molecule has 2 aliphatic rings. The van der Waals surface area contributed by atoms with Crippen LogP contribution in [0.3, 0.4) is 0 Å². The third-order valence-electron chi connectivity index (χ3n) is 5.27. The van der Waals surface area contributed by atoms with Crippen LogP contribution in [0.5, 0.6) is 5.75 Å². The smallest absolute Gasteiger partial charge is 0.422 e. The molecule has 2 atom stereocenters. The van der Waals surface area contributed by atoms with Gasteiger partial charge in [0.25, 0.3) is 5.92 Å². The van der Waals surface area contributed by atoms with Gasteiger partial charge >= 0.3 is 6.18 Å². The highest BCUT2D eigenvalue weighted by molar-refractivity contribution is 7.92. The molecule has 1 saturated heterocycles. The summed E-state index contributed by atoms with van der Waals surface area (Å²) < 4.78 is 93.8. The van der Waals surface area contributed by atoms with Gasteiger partial charge in [-0.3, -0.25) is 4.79 Å². The van der Waals surface area contributed by atoms with Crippen molar-refractivity contribution >= 4 is 27.3 Å². The fourth-order valence-electron chi connectivity index (χ4n) is 3.78. The molecule has 1 aliphatic heterocycles. The van der Waals surface area contributed by atoms with Gasteiger partial charge in [-0.25, -0.2) is 17.2 Å². The standard InChI is InChI=1S/C18H19ClF5NO4S/c19-14-8-12(29-10-18(22,23)24)2-4-15(14)30(27,28)13-3-1-11(7-13)16(26)25-6-5-17(20,21)9-25/h2,4,8,11,13H,1,3,5-7,9-10H2/t11-,13-/m1/s1. The number of carbonyl (C=O) groups is 1. The van der Waals surface area contributed by atoms with E-state index >= 15 is 0 Å². The monoisotopic (exact) mass is 475 g/mol. The van der Waals surface area contributed by atoms with Gasteiger partial charge in [-0.2, -0.15) is 13.2 Å². The summed E-state index contributed by atoms with van der Waals surface area (Å²) in [6.45, 7) is -2.27. The van der Waals surface area contributed by atoms with E-state index in [-0.39, 0.29) is 41.5 Å². The molecule has 0 aromatic heterocycles. The van der Waals surface area contributed by atoms with Gasteiger partial charge in [0, 0.05) is 24.9 Å². The third-order valence-corrected chi connectivity index (χ3v) is 7.97. The second kappa shape index (κ2) is 8.14. The molecule has 0 N–H and O–H groups in total. The SMILES string of the molecule is O=C([C@@H]1CC[C@@H](S(=O)(=O)c2ccc(OCC(F)(F)F)cc2Cl)C1)N1CCC(F)(F)C1. The van der Waals surface area contributed by atoms with Crippen molar-refractivity contribution in [2.75, 3.05) is 19.7 Å². The summed E-state index contributed by atoms with van der Waals surface area (Å²) in [6, 6.07) is 3.14. The van der Waals surface area contributed by atoms with Crippen LogP contribution in [0.15, 0.2) is 23.1 Å². The lowest BCUT2D eigenvalue weighted by atomic mass is 10.1. The molecule has 0 bridgehead atoms. The summed E-state index contributed by atoms with van der Waals surface area (Å²) in [4.78, 5) is 13.3. The van der Waals surface area contributed by atoms with E-state index in [4.69, 9.17) is 11.6 Å². The maximum atomic E-state index is 13.3. The molecule has 30 heavy (non-hydrogen) atoms. The zero-order valence-corrected chi connectivity index (χ0v) is 17.2. The van der Waals surface area contributed by atoms with Crippen molar-refractivity contribution in [3.8, 4) is 5.75 Å². The van der Waals surface area contributed by atoms with E-state index < -0.39 is 58.6 Å². The van der Waals surface area contributed by atoms with Gasteiger partial charge in [0.2, 0.25) is 5.91 Å². The molecular formula is C18H19ClF5NO4S. The van der Waals surface area contributed by atoms with E-state index in [1.807, 2.05) is 0 Å². The highest BCUT2D eigenvalue weighted by Gasteiger charge is 2.45. The van der Waals surface area contributed by atoms with E-state index in [1.165, 1.54) is 0 Å². The number of alkyl halides is 5. The van der Waals surface area contributed by atoms with Crippen LogP contribution < -0.4 is 4.74 Å². The summed E-state index contributed by atoms with van der Waals surface area (Å²) in [5, 5.41) is -1.22. The Morgan fingerprint density at radius 1 is 1.27 bits per heavy atom. The largest absolute Gasteiger partial charge is 0.484 e. The Morgan fingerprint density at radius 2 is 1.97 bits per heavy atom. The summed E-state index contributed by atoms with van der Waals surface area (Å²) in [5.74, 6) is -4.31. The van der Waals surface area contributed by atoms with Gasteiger partial charge in [0.1, 0.15) is 5.75 Å². The quantitative estimate of drug-likeness (QED) is 0.602. The molecule has 0 spiro atoms. The minimum atomic E-state index is -4.55. The topological polar surface area (TPSA) is 63.7 Å². The first kappa shape index (κ1) is 23.1. The average molecular weight is 476 g/mol. The molecule has 0 radical (unpaired) electrons. The Bertz CT molecular complexity index is 922. The van der Waals surface area contributed by atoms with Crippen LogP contribution in [-0.4, -0.2) is 56.3 Å². The minimum absolute atomic E-state index is 0.0219. The lowest BCUT2D eigenvalue weighted by molar-refractivity contribution is -0.153. The first-order valence-corrected chi connectivity index (χ1v) is 11.1. The first-order chi connectivity index (χ1) is 13.8. The van der Waals surface area contributed by atoms with Crippen LogP contribution in [0.2, 0.25) is 5.02 Å². The Hall–Kier alpha value is -1.62. The third kappa shape index (κ3) is 5.16. The molecule has 0 unspecified atom stereocenters. The number of likely N-dealkylation sites (tertiary alicyclic amines) is 1. The van der Waals surface area contributed by atoms with E-state index in [2.05, 4.69) is 4.74 Å². The molecule has 3 rings (SSSR count). The van der Waals surface area contributed by atoms with E-state index in [0.29, 0.717) is 0 Å². The predicted molar refractivity (Wildman–Crippen MR) is 97.5 cm³/mol. The fraction of sp³-hybridized carbons (Fsp3) is 0.611. The predicted octanol–water partition coefficient (Wildman–Crippen LogP) is 4.09. The Morgan fingerprint density at radius 3 is 2.53 bits per heavy atom. The van der Waals surface area contributed by atoms with Crippen molar-refractivity contribution in [1.29, 1.82) is 0 Å². The Balaban J connectivity index is 1.68. The number of halogens is 6. The fourth-order valence-corrected chi connectivity index (χ4v) is 6.15. The van der Waals surface area contributed by atoms with Gasteiger partial charge in [-0.05, 0) is 31.4 Å². The van der Waals surface area contributed by atoms with E-state index in [0.717, 1.165) is 23.1 Å². The van der Waals surface area contributed by atoms with Crippen LogP contribution >= 0.6 is 11.6 Å². The maximum absolute atomic E-state index is 13.3. The van der Waals surface area contributed by atoms with Gasteiger partial charge in [0.05, 0.1) is 21.7 Å². The first-order valence-electron chi connectivity index (χ1n) is 9.18. The second-order valence-corrected chi connectivity index (χ2v) is 10.1. The summed E-state index contributed by atoms with van der Waals surface area (Å²) in [7, 11) is -3.97. The molecule has 1 aromatic rings. The summed E-state index contributed by atoms with van der Waals surface area (Å²) in [6.07, 6.45) is -4.58. The molecule has 1 amide bonds. The van der Waals surface area contributed by atoms with Crippen molar-refractivity contribution in [3.05, 3.63) is 23.2 Å². The van der Waals surface area contributed by atoms with Gasteiger partial charge < -0.3 is 9.64 Å². The molecule has 2 fully saturated rings. The Kier molecular flexibility index (Phi) is 6.26. The average Bonchev–Trinajstić information content (AvgIpc) is 3.25. The molecule has 1 saturated carbocycles. The number of nitrogens with zero attached hydrogens (tertiary/aromatic N) is 1. The molecule has 1 heterocycles. The van der Waals surface area contributed by atoms with Crippen molar-refractivity contribution in [2.45, 2.75) is 47.9 Å². The molecule has 1 aliphatic carbocycles. The number of hydrogen-bond donors (Lipinski definition) is 0. The minimum Gasteiger partial charge on any atom is -0.484 e. The number of sulfone groups is 1. The summed E-state index contributed by atoms with van der Waals surface area (Å²) in [5.41, 5.74) is 0. The number of rotatable bonds is 5. The molecule has 5 nitrogen and oxygen atoms in total. The maximum Gasteiger partial charge on any atom is 0.422 e. The second-order valence-electron chi connectivity index (χ2n) is 7.54. The van der Waals surface area contributed by atoms with Crippen molar-refractivity contribution < 1.29 is 39.9 Å². The number of ether oxygens (including phenoxy) is 1. The number of hydrogen-bond acceptors (Lipinski definition) is 4. The lowest BCUT2D eigenvalue weighted by Crippen LogP contribution is -2.35. The lowest BCUT2D eigenvalue weighted by Gasteiger charge is -2.20. The zero-order valence-electron chi connectivity index (χ0n) is 15.6. The molecule has 12 heteroatoms. The van der Waals surface area contributed by atoms with Crippen LogP contribution in [-0.2, 0) is 14.6 Å². The molecule has 168 valence electrons. The zero-order chi connectivity index (χ0) is 22.3. The van der Waals surface area contributed by atoms with Crippen molar-refractivity contribution in [3.63, 3.8) is 0 Å². The van der Waals surface area contributed by atoms with Crippen LogP contribution in [0.4, 0.5) is 22.0 Å². The number of amides is 1. The Labute approximate surface area is 175 Å². The van der Waals surface area contributed by atoms with Gasteiger partial charge in [0.15, 0.2) is 16.4 Å². The van der Waals surface area contributed by atoms with Gasteiger partial charge in [-0.15, -0.1) is 0 Å². The van der Waals surface area contributed by atoms with Crippen LogP contribution in [0.1, 0.15) is 25.7 Å². The normalized spacial score (nSPS) is 24.3. The van der Waals surface area contributed by atoms with Crippen molar-refractivity contribution in [1.82, 2.24) is 4.90 Å².